The lowest BCUT2D eigenvalue weighted by molar-refractivity contribution is 0.627. The fourth-order valence-electron chi connectivity index (χ4n) is 2.16. The number of hydrogen-bond donors (Lipinski definition) is 0. The zero-order chi connectivity index (χ0) is 16.2. The second-order valence-corrected chi connectivity index (χ2v) is 6.65. The predicted molar refractivity (Wildman–Crippen MR) is 95.7 cm³/mol. The fraction of sp³-hybridized carbons (Fsp3) is 0.176. The van der Waals surface area contributed by atoms with E-state index < -0.39 is 0 Å². The first-order valence-electron chi connectivity index (χ1n) is 7.25. The van der Waals surface area contributed by atoms with Gasteiger partial charge in [0.2, 0.25) is 4.80 Å². The van der Waals surface area contributed by atoms with Crippen molar-refractivity contribution < 1.29 is 4.39 Å². The van der Waals surface area contributed by atoms with E-state index in [9.17, 15) is 4.39 Å². The Kier molecular flexibility index (Phi) is 4.83. The Hall–Kier alpha value is -2.05. The molecule has 0 bridgehead atoms. The monoisotopic (exact) mass is 345 g/mol. The second kappa shape index (κ2) is 7.02. The summed E-state index contributed by atoms with van der Waals surface area (Å²) >= 11 is 3.22. The maximum atomic E-state index is 13.4. The number of thiophene rings is 1. The number of halogens is 1. The smallest absolute Gasteiger partial charge is 0.206 e. The third kappa shape index (κ3) is 3.48. The highest BCUT2D eigenvalue weighted by Gasteiger charge is 2.09. The van der Waals surface area contributed by atoms with Gasteiger partial charge in [-0.15, -0.1) is 22.7 Å². The Morgan fingerprint density at radius 1 is 1.22 bits per heavy atom. The van der Waals surface area contributed by atoms with Gasteiger partial charge in [-0.1, -0.05) is 18.2 Å². The highest BCUT2D eigenvalue weighted by Crippen LogP contribution is 2.25. The maximum absolute atomic E-state index is 13.4. The average molecular weight is 345 g/mol. The number of thiazole rings is 1. The van der Waals surface area contributed by atoms with Crippen molar-refractivity contribution in [1.82, 2.24) is 4.68 Å². The SMILES string of the molecule is CCN=c1scc(-c2cccs2)n1N=C(C)c1cccc(F)c1. The van der Waals surface area contributed by atoms with E-state index in [1.54, 1.807) is 28.7 Å². The Morgan fingerprint density at radius 3 is 2.78 bits per heavy atom. The summed E-state index contributed by atoms with van der Waals surface area (Å²) in [6, 6.07) is 10.6. The van der Waals surface area contributed by atoms with Gasteiger partial charge < -0.3 is 0 Å². The van der Waals surface area contributed by atoms with Crippen LogP contribution in [0.3, 0.4) is 0 Å². The normalized spacial score (nSPS) is 12.8. The molecule has 0 saturated carbocycles. The summed E-state index contributed by atoms with van der Waals surface area (Å²) in [6.45, 7) is 4.57. The van der Waals surface area contributed by atoms with Gasteiger partial charge in [-0.2, -0.15) is 5.10 Å². The van der Waals surface area contributed by atoms with E-state index in [-0.39, 0.29) is 5.82 Å². The van der Waals surface area contributed by atoms with E-state index in [0.29, 0.717) is 6.54 Å². The third-order valence-corrected chi connectivity index (χ3v) is 4.99. The number of aromatic nitrogens is 1. The van der Waals surface area contributed by atoms with Crippen LogP contribution in [0.2, 0.25) is 0 Å². The molecular weight excluding hydrogens is 329 g/mol. The van der Waals surface area contributed by atoms with Crippen molar-refractivity contribution in [2.75, 3.05) is 6.54 Å². The van der Waals surface area contributed by atoms with Crippen LogP contribution in [0.5, 0.6) is 0 Å². The Bertz CT molecular complexity index is 889. The molecule has 0 aliphatic rings. The van der Waals surface area contributed by atoms with Crippen LogP contribution in [-0.4, -0.2) is 16.9 Å². The highest BCUT2D eigenvalue weighted by atomic mass is 32.1. The molecule has 0 N–H and O–H groups in total. The van der Waals surface area contributed by atoms with Crippen molar-refractivity contribution in [2.45, 2.75) is 13.8 Å². The lowest BCUT2D eigenvalue weighted by Crippen LogP contribution is -2.14. The highest BCUT2D eigenvalue weighted by molar-refractivity contribution is 7.14. The molecule has 3 rings (SSSR count). The van der Waals surface area contributed by atoms with E-state index in [1.165, 1.54) is 12.1 Å². The maximum Gasteiger partial charge on any atom is 0.206 e. The van der Waals surface area contributed by atoms with Gasteiger partial charge in [0, 0.05) is 17.5 Å². The molecule has 0 spiro atoms. The van der Waals surface area contributed by atoms with Crippen LogP contribution in [0.1, 0.15) is 19.4 Å². The van der Waals surface area contributed by atoms with E-state index >= 15 is 0 Å². The standard InChI is InChI=1S/C17H16FN3S2/c1-3-19-17-21(15(11-23-17)16-8-5-9-22-16)20-12(2)13-6-4-7-14(18)10-13/h4-11H,3H2,1-2H3. The van der Waals surface area contributed by atoms with Gasteiger partial charge in [-0.25, -0.2) is 9.07 Å². The molecule has 0 unspecified atom stereocenters. The summed E-state index contributed by atoms with van der Waals surface area (Å²) in [7, 11) is 0. The molecular formula is C17H16FN3S2. The van der Waals surface area contributed by atoms with Crippen molar-refractivity contribution in [3.63, 3.8) is 0 Å². The minimum atomic E-state index is -0.260. The van der Waals surface area contributed by atoms with Crippen LogP contribution in [0, 0.1) is 5.82 Å². The largest absolute Gasteiger partial charge is 0.258 e. The first-order chi connectivity index (χ1) is 11.2. The van der Waals surface area contributed by atoms with Gasteiger partial charge in [-0.3, -0.25) is 4.99 Å². The first kappa shape index (κ1) is 15.8. The average Bonchev–Trinajstić information content (AvgIpc) is 3.18. The molecule has 0 amide bonds. The van der Waals surface area contributed by atoms with Gasteiger partial charge in [0.25, 0.3) is 0 Å². The van der Waals surface area contributed by atoms with Gasteiger partial charge >= 0.3 is 0 Å². The lowest BCUT2D eigenvalue weighted by atomic mass is 10.1. The van der Waals surface area contributed by atoms with E-state index in [4.69, 9.17) is 5.10 Å². The Balaban J connectivity index is 2.13. The van der Waals surface area contributed by atoms with E-state index in [2.05, 4.69) is 16.4 Å². The molecule has 2 heterocycles. The van der Waals surface area contributed by atoms with Crippen LogP contribution >= 0.6 is 22.7 Å². The van der Waals surface area contributed by atoms with E-state index in [1.807, 2.05) is 36.0 Å². The molecule has 1 aromatic carbocycles. The van der Waals surface area contributed by atoms with Crippen LogP contribution in [0.4, 0.5) is 4.39 Å². The molecule has 3 aromatic rings. The van der Waals surface area contributed by atoms with Gasteiger partial charge in [0.05, 0.1) is 16.3 Å². The molecule has 0 radical (unpaired) electrons. The zero-order valence-electron chi connectivity index (χ0n) is 12.9. The molecule has 0 atom stereocenters. The molecule has 118 valence electrons. The van der Waals surface area contributed by atoms with Gasteiger partial charge in [0.1, 0.15) is 5.82 Å². The number of benzene rings is 1. The Labute approximate surface area is 142 Å². The van der Waals surface area contributed by atoms with Crippen molar-refractivity contribution >= 4 is 28.4 Å². The Morgan fingerprint density at radius 2 is 2.09 bits per heavy atom. The van der Waals surface area contributed by atoms with Crippen molar-refractivity contribution in [3.8, 4) is 10.6 Å². The summed E-state index contributed by atoms with van der Waals surface area (Å²) in [5, 5.41) is 8.79. The molecule has 0 aliphatic heterocycles. The van der Waals surface area contributed by atoms with E-state index in [0.717, 1.165) is 26.6 Å². The number of hydrogen-bond acceptors (Lipinski definition) is 4. The van der Waals surface area contributed by atoms with Crippen molar-refractivity contribution in [2.24, 2.45) is 10.1 Å². The minimum Gasteiger partial charge on any atom is -0.258 e. The zero-order valence-corrected chi connectivity index (χ0v) is 14.5. The summed E-state index contributed by atoms with van der Waals surface area (Å²) in [4.78, 5) is 6.48. The lowest BCUT2D eigenvalue weighted by Gasteiger charge is -2.05. The predicted octanol–water partition coefficient (Wildman–Crippen LogP) is 4.61. The first-order valence-corrected chi connectivity index (χ1v) is 9.01. The molecule has 3 nitrogen and oxygen atoms in total. The number of nitrogens with zero attached hydrogens (tertiary/aromatic N) is 3. The van der Waals surface area contributed by atoms with Crippen LogP contribution < -0.4 is 4.80 Å². The summed E-state index contributed by atoms with van der Waals surface area (Å²) in [5.74, 6) is -0.260. The van der Waals surface area contributed by atoms with Crippen LogP contribution in [0.25, 0.3) is 10.6 Å². The second-order valence-electron chi connectivity index (χ2n) is 4.86. The molecule has 6 heteroatoms. The number of rotatable bonds is 4. The summed E-state index contributed by atoms with van der Waals surface area (Å²) < 4.78 is 15.3. The molecule has 0 aliphatic carbocycles. The third-order valence-electron chi connectivity index (χ3n) is 3.24. The molecule has 0 saturated heterocycles. The molecule has 2 aromatic heterocycles. The fourth-order valence-corrected chi connectivity index (χ4v) is 3.84. The quantitative estimate of drug-likeness (QED) is 0.618. The molecule has 0 fully saturated rings. The van der Waals surface area contributed by atoms with Gasteiger partial charge in [0.15, 0.2) is 0 Å². The minimum absolute atomic E-state index is 0.260. The van der Waals surface area contributed by atoms with Crippen molar-refractivity contribution in [1.29, 1.82) is 0 Å². The summed E-state index contributed by atoms with van der Waals surface area (Å²) in [6.07, 6.45) is 0. The molecule has 23 heavy (non-hydrogen) atoms. The van der Waals surface area contributed by atoms with Crippen molar-refractivity contribution in [3.05, 3.63) is 63.3 Å². The van der Waals surface area contributed by atoms with Gasteiger partial charge in [-0.05, 0) is 37.4 Å². The van der Waals surface area contributed by atoms with Crippen LogP contribution in [-0.2, 0) is 0 Å². The topological polar surface area (TPSA) is 29.6 Å². The summed E-state index contributed by atoms with van der Waals surface area (Å²) in [5.41, 5.74) is 2.52. The van der Waals surface area contributed by atoms with Crippen LogP contribution in [0.15, 0.2) is 57.3 Å².